The third kappa shape index (κ3) is 56.3. The molecule has 0 aliphatic carbocycles. The predicted molar refractivity (Wildman–Crippen MR) is 306 cm³/mol. The van der Waals surface area contributed by atoms with Gasteiger partial charge in [-0.15, -0.1) is 0 Å². The Bertz CT molecular complexity index is 1550. The zero-order valence-corrected chi connectivity index (χ0v) is 45.7. The van der Waals surface area contributed by atoms with Gasteiger partial charge in [-0.1, -0.05) is 219 Å². The maximum Gasteiger partial charge on any atom is 0.306 e. The molecule has 0 bridgehead atoms. The lowest BCUT2D eigenvalue weighted by molar-refractivity contribution is -0.167. The van der Waals surface area contributed by atoms with Crippen LogP contribution in [0.2, 0.25) is 0 Å². The fourth-order valence-electron chi connectivity index (χ4n) is 7.37. The first kappa shape index (κ1) is 66.6. The highest BCUT2D eigenvalue weighted by Gasteiger charge is 2.19. The van der Waals surface area contributed by atoms with Gasteiger partial charge in [-0.2, -0.15) is 0 Å². The molecule has 0 aliphatic heterocycles. The molecule has 0 saturated heterocycles. The van der Waals surface area contributed by atoms with Crippen LogP contribution in [0.4, 0.5) is 0 Å². The van der Waals surface area contributed by atoms with Crippen LogP contribution in [0.15, 0.2) is 134 Å². The van der Waals surface area contributed by atoms with E-state index in [9.17, 15) is 14.4 Å². The highest BCUT2D eigenvalue weighted by molar-refractivity contribution is 5.71. The summed E-state index contributed by atoms with van der Waals surface area (Å²) in [6, 6.07) is 0. The maximum absolute atomic E-state index is 12.9. The number of unbranched alkanes of at least 4 members (excludes halogenated alkanes) is 17. The summed E-state index contributed by atoms with van der Waals surface area (Å²) in [5, 5.41) is 0. The molecule has 0 fully saturated rings. The zero-order chi connectivity index (χ0) is 51.4. The normalized spacial score (nSPS) is 13.1. The van der Waals surface area contributed by atoms with Gasteiger partial charge in [0.15, 0.2) is 6.10 Å². The molecule has 6 nitrogen and oxygen atoms in total. The average molecular weight is 982 g/mol. The second kappa shape index (κ2) is 58.1. The molecule has 0 aromatic carbocycles. The minimum atomic E-state index is -0.818. The molecular weight excluding hydrogens is 877 g/mol. The van der Waals surface area contributed by atoms with E-state index in [4.69, 9.17) is 14.2 Å². The van der Waals surface area contributed by atoms with Gasteiger partial charge in [-0.3, -0.25) is 14.4 Å². The number of rotatable bonds is 50. The van der Waals surface area contributed by atoms with Crippen LogP contribution in [0.5, 0.6) is 0 Å². The molecule has 0 rings (SSSR count). The Kier molecular flexibility index (Phi) is 54.5. The highest BCUT2D eigenvalue weighted by Crippen LogP contribution is 2.13. The maximum atomic E-state index is 12.9. The monoisotopic (exact) mass is 981 g/mol. The molecule has 71 heavy (non-hydrogen) atoms. The fourth-order valence-corrected chi connectivity index (χ4v) is 7.37. The second-order valence-corrected chi connectivity index (χ2v) is 18.4. The molecule has 0 aliphatic rings. The van der Waals surface area contributed by atoms with E-state index in [1.165, 1.54) is 51.4 Å². The third-order valence-electron chi connectivity index (χ3n) is 11.6. The van der Waals surface area contributed by atoms with Gasteiger partial charge in [-0.25, -0.2) is 0 Å². The van der Waals surface area contributed by atoms with Crippen molar-refractivity contribution < 1.29 is 28.6 Å². The number of ether oxygens (including phenoxy) is 3. The van der Waals surface area contributed by atoms with Crippen molar-refractivity contribution >= 4 is 17.9 Å². The van der Waals surface area contributed by atoms with Crippen molar-refractivity contribution in [1.29, 1.82) is 0 Å². The van der Waals surface area contributed by atoms with Crippen molar-refractivity contribution in [3.8, 4) is 0 Å². The first-order chi connectivity index (χ1) is 35.0. The topological polar surface area (TPSA) is 78.9 Å². The van der Waals surface area contributed by atoms with E-state index in [0.717, 1.165) is 141 Å². The molecule has 0 aromatic rings. The van der Waals surface area contributed by atoms with Gasteiger partial charge in [0.05, 0.1) is 0 Å². The SMILES string of the molecule is CC/C=C\C/C=C\C/C=C\C/C=C\C/C=C\CCCCCC(=O)OC[C@@H](COC(=O)CCCCCCC/C=C\CCCCCCCC)OC(=O)CCCCC/C=C\C/C=C\C/C=C\C/C=C\C/C=C\CC. The molecule has 0 aromatic heterocycles. The van der Waals surface area contributed by atoms with Crippen LogP contribution in [0.25, 0.3) is 0 Å². The first-order valence-electron chi connectivity index (χ1n) is 28.7. The summed E-state index contributed by atoms with van der Waals surface area (Å²) >= 11 is 0. The van der Waals surface area contributed by atoms with Gasteiger partial charge in [0.25, 0.3) is 0 Å². The van der Waals surface area contributed by atoms with Crippen LogP contribution in [0, 0.1) is 0 Å². The average Bonchev–Trinajstić information content (AvgIpc) is 3.37. The summed E-state index contributed by atoms with van der Waals surface area (Å²) in [6.45, 7) is 6.34. The molecule has 0 amide bonds. The van der Waals surface area contributed by atoms with E-state index < -0.39 is 6.10 Å². The van der Waals surface area contributed by atoms with E-state index in [1.807, 2.05) is 0 Å². The van der Waals surface area contributed by atoms with Gasteiger partial charge in [0.1, 0.15) is 13.2 Å². The Balaban J connectivity index is 4.55. The van der Waals surface area contributed by atoms with Crippen LogP contribution >= 0.6 is 0 Å². The van der Waals surface area contributed by atoms with E-state index in [0.29, 0.717) is 19.3 Å². The van der Waals surface area contributed by atoms with Crippen LogP contribution < -0.4 is 0 Å². The van der Waals surface area contributed by atoms with E-state index in [-0.39, 0.29) is 37.5 Å². The van der Waals surface area contributed by atoms with Crippen LogP contribution in [-0.4, -0.2) is 37.2 Å². The Morgan fingerprint density at radius 3 is 0.887 bits per heavy atom. The minimum Gasteiger partial charge on any atom is -0.462 e. The lowest BCUT2D eigenvalue weighted by Crippen LogP contribution is -2.30. The number of hydrogen-bond donors (Lipinski definition) is 0. The zero-order valence-electron chi connectivity index (χ0n) is 45.7. The number of carbonyl (C=O) groups excluding carboxylic acids is 3. The summed E-state index contributed by atoms with van der Waals surface area (Å²) in [5.41, 5.74) is 0. The van der Waals surface area contributed by atoms with Crippen molar-refractivity contribution in [2.75, 3.05) is 13.2 Å². The Morgan fingerprint density at radius 2 is 0.549 bits per heavy atom. The van der Waals surface area contributed by atoms with Crippen molar-refractivity contribution in [2.24, 2.45) is 0 Å². The number of carbonyl (C=O) groups is 3. The summed E-state index contributed by atoms with van der Waals surface area (Å²) in [7, 11) is 0. The Hall–Kier alpha value is -4.45. The van der Waals surface area contributed by atoms with Crippen LogP contribution in [-0.2, 0) is 28.6 Å². The van der Waals surface area contributed by atoms with Crippen molar-refractivity contribution in [2.45, 2.75) is 245 Å². The second-order valence-electron chi connectivity index (χ2n) is 18.4. The summed E-state index contributed by atoms with van der Waals surface area (Å²) in [6.07, 6.45) is 81.5. The van der Waals surface area contributed by atoms with Crippen molar-refractivity contribution in [1.82, 2.24) is 0 Å². The molecule has 0 unspecified atom stereocenters. The molecule has 6 heteroatoms. The molecule has 0 radical (unpaired) electrons. The molecule has 1 atom stereocenters. The van der Waals surface area contributed by atoms with Crippen LogP contribution in [0.3, 0.4) is 0 Å². The minimum absolute atomic E-state index is 0.111. The smallest absolute Gasteiger partial charge is 0.306 e. The molecule has 0 N–H and O–H groups in total. The number of allylic oxidation sites excluding steroid dienone is 22. The Morgan fingerprint density at radius 1 is 0.296 bits per heavy atom. The summed E-state index contributed by atoms with van der Waals surface area (Å²) in [5.74, 6) is -0.988. The fraction of sp³-hybridized carbons (Fsp3) is 0.615. The predicted octanol–water partition coefficient (Wildman–Crippen LogP) is 19.4. The lowest BCUT2D eigenvalue weighted by atomic mass is 10.1. The van der Waals surface area contributed by atoms with Gasteiger partial charge < -0.3 is 14.2 Å². The van der Waals surface area contributed by atoms with Crippen LogP contribution in [0.1, 0.15) is 239 Å². The lowest BCUT2D eigenvalue weighted by Gasteiger charge is -2.18. The van der Waals surface area contributed by atoms with Gasteiger partial charge in [-0.05, 0) is 135 Å². The highest BCUT2D eigenvalue weighted by atomic mass is 16.6. The standard InChI is InChI=1S/C65H104O6/c1-4-7-10-13-16-19-22-25-28-30-32-34-37-40-43-46-49-52-55-58-64(67)70-61-62(60-69-63(66)57-54-51-48-45-42-39-36-27-24-21-18-15-12-9-6-3)71-65(68)59-56-53-50-47-44-41-38-35-33-31-29-26-23-20-17-14-11-8-5-2/h7-8,10-11,16-17,19-20,25-29,32-36,40-41,43-44,62H,4-6,9,12-15,18,21-24,30-31,37-39,42,45-61H2,1-3H3/b10-7-,11-8-,19-16-,20-17-,28-25-,29-26-,34-32-,35-33-,36-27-,43-40-,44-41-/t62-/m1/s1. The van der Waals surface area contributed by atoms with Gasteiger partial charge in [0, 0.05) is 19.3 Å². The molecule has 400 valence electrons. The van der Waals surface area contributed by atoms with E-state index in [2.05, 4.69) is 154 Å². The van der Waals surface area contributed by atoms with Gasteiger partial charge in [0.2, 0.25) is 0 Å². The summed E-state index contributed by atoms with van der Waals surface area (Å²) < 4.78 is 16.8. The van der Waals surface area contributed by atoms with Crippen molar-refractivity contribution in [3.63, 3.8) is 0 Å². The summed E-state index contributed by atoms with van der Waals surface area (Å²) in [4.78, 5) is 38.2. The number of hydrogen-bond acceptors (Lipinski definition) is 6. The Labute approximate surface area is 436 Å². The number of esters is 3. The quantitative estimate of drug-likeness (QED) is 0.0262. The van der Waals surface area contributed by atoms with Gasteiger partial charge >= 0.3 is 17.9 Å². The van der Waals surface area contributed by atoms with Crippen molar-refractivity contribution in [3.05, 3.63) is 134 Å². The largest absolute Gasteiger partial charge is 0.462 e. The molecule has 0 saturated carbocycles. The molecular formula is C65H104O6. The third-order valence-corrected chi connectivity index (χ3v) is 11.6. The molecule has 0 heterocycles. The van der Waals surface area contributed by atoms with E-state index in [1.54, 1.807) is 0 Å². The molecule has 0 spiro atoms. The first-order valence-corrected chi connectivity index (χ1v) is 28.7. The van der Waals surface area contributed by atoms with E-state index >= 15 is 0 Å².